The van der Waals surface area contributed by atoms with Crippen molar-refractivity contribution in [1.29, 1.82) is 0 Å². The Balaban J connectivity index is 1.74. The predicted molar refractivity (Wildman–Crippen MR) is 101 cm³/mol. The Labute approximate surface area is 161 Å². The fourth-order valence-corrected chi connectivity index (χ4v) is 3.58. The van der Waals surface area contributed by atoms with Crippen LogP contribution in [0.3, 0.4) is 0 Å². The van der Waals surface area contributed by atoms with E-state index in [1.807, 2.05) is 24.3 Å². The largest absolute Gasteiger partial charge is 0.444 e. The highest BCUT2D eigenvalue weighted by atomic mass is 32.2. The Hall–Kier alpha value is -2.98. The molecule has 28 heavy (non-hydrogen) atoms. The summed E-state index contributed by atoms with van der Waals surface area (Å²) >= 11 is 0. The van der Waals surface area contributed by atoms with Gasteiger partial charge in [-0.1, -0.05) is 24.3 Å². The molecule has 0 aliphatic rings. The number of aryl methyl sites for hydroxylation is 1. The molecule has 0 fully saturated rings. The van der Waals surface area contributed by atoms with Gasteiger partial charge in [0.2, 0.25) is 0 Å². The lowest BCUT2D eigenvalue weighted by Crippen LogP contribution is -2.49. The maximum atomic E-state index is 12.0. The molecule has 2 N–H and O–H groups in total. The lowest BCUT2D eigenvalue weighted by molar-refractivity contribution is -0.131. The maximum absolute atomic E-state index is 12.0. The molecule has 9 nitrogen and oxygen atoms in total. The van der Waals surface area contributed by atoms with Gasteiger partial charge in [-0.3, -0.25) is 14.7 Å². The van der Waals surface area contributed by atoms with Gasteiger partial charge >= 0.3 is 0 Å². The molecule has 148 valence electrons. The minimum Gasteiger partial charge on any atom is -0.444 e. The fraction of sp³-hybridized carbons (Fsp3) is 0.278. The van der Waals surface area contributed by atoms with Crippen LogP contribution in [0.25, 0.3) is 22.5 Å². The van der Waals surface area contributed by atoms with Gasteiger partial charge in [-0.15, -0.1) is 0 Å². The summed E-state index contributed by atoms with van der Waals surface area (Å²) in [6, 6.07) is 7.64. The van der Waals surface area contributed by atoms with Crippen LogP contribution >= 0.6 is 0 Å². The summed E-state index contributed by atoms with van der Waals surface area (Å²) in [5.74, 6) is -0.296. The van der Waals surface area contributed by atoms with E-state index in [9.17, 15) is 13.2 Å². The van der Waals surface area contributed by atoms with Crippen LogP contribution in [0, 0.1) is 0 Å². The molecule has 0 spiro atoms. The topological polar surface area (TPSA) is 127 Å². The molecule has 1 amide bonds. The van der Waals surface area contributed by atoms with E-state index in [2.05, 4.69) is 10.1 Å². The molecule has 0 aliphatic carbocycles. The maximum Gasteiger partial charge on any atom is 0.264 e. The minimum absolute atomic E-state index is 0.0379. The number of benzene rings is 1. The van der Waals surface area contributed by atoms with Crippen molar-refractivity contribution in [1.82, 2.24) is 20.2 Å². The minimum atomic E-state index is -3.74. The third kappa shape index (κ3) is 3.82. The van der Waals surface area contributed by atoms with Crippen LogP contribution in [-0.2, 0) is 21.2 Å². The van der Waals surface area contributed by atoms with E-state index in [0.717, 1.165) is 22.9 Å². The van der Waals surface area contributed by atoms with Crippen LogP contribution in [0.2, 0.25) is 0 Å². The van der Waals surface area contributed by atoms with E-state index < -0.39 is 20.5 Å². The molecule has 0 aliphatic heterocycles. The zero-order valence-corrected chi connectivity index (χ0v) is 16.2. The van der Waals surface area contributed by atoms with Crippen LogP contribution in [0.4, 0.5) is 0 Å². The number of carbonyl (C=O) groups excluding carboxylic acids is 1. The molecule has 1 aromatic carbocycles. The zero-order valence-electron chi connectivity index (χ0n) is 15.4. The predicted octanol–water partition coefficient (Wildman–Crippen LogP) is 1.90. The summed E-state index contributed by atoms with van der Waals surface area (Å²) in [4.78, 5) is 15.8. The summed E-state index contributed by atoms with van der Waals surface area (Å²) in [5.41, 5.74) is 4.10. The molecule has 0 radical (unpaired) electrons. The molecule has 0 bridgehead atoms. The first-order chi connectivity index (χ1) is 13.2. The first kappa shape index (κ1) is 19.8. The molecule has 0 saturated heterocycles. The average molecular weight is 404 g/mol. The average Bonchev–Trinajstić information content (AvgIpc) is 3.36. The van der Waals surface area contributed by atoms with Gasteiger partial charge in [-0.2, -0.15) is 5.10 Å². The van der Waals surface area contributed by atoms with Crippen LogP contribution in [0.1, 0.15) is 13.3 Å². The molecule has 0 saturated carbocycles. The lowest BCUT2D eigenvalue weighted by Gasteiger charge is -2.24. The third-order valence-electron chi connectivity index (χ3n) is 4.79. The number of nitrogens with zero attached hydrogens (tertiary/aromatic N) is 3. The Morgan fingerprint density at radius 1 is 1.21 bits per heavy atom. The Morgan fingerprint density at radius 2 is 1.89 bits per heavy atom. The van der Waals surface area contributed by atoms with Gasteiger partial charge in [0.05, 0.1) is 12.4 Å². The Morgan fingerprint density at radius 3 is 2.46 bits per heavy atom. The van der Waals surface area contributed by atoms with E-state index in [4.69, 9.17) is 9.62 Å². The van der Waals surface area contributed by atoms with Crippen molar-refractivity contribution in [2.45, 2.75) is 24.6 Å². The lowest BCUT2D eigenvalue weighted by atomic mass is 10.1. The van der Waals surface area contributed by atoms with Gasteiger partial charge in [0.15, 0.2) is 26.7 Å². The molecular formula is C18H20N4O5S. The van der Waals surface area contributed by atoms with E-state index in [0.29, 0.717) is 5.76 Å². The summed E-state index contributed by atoms with van der Waals surface area (Å²) < 4.78 is 29.1. The Bertz CT molecular complexity index is 1060. The molecule has 1 unspecified atom stereocenters. The van der Waals surface area contributed by atoms with Crippen molar-refractivity contribution in [2.24, 2.45) is 0 Å². The number of hydroxylamine groups is 1. The smallest absolute Gasteiger partial charge is 0.264 e. The van der Waals surface area contributed by atoms with E-state index in [1.165, 1.54) is 18.8 Å². The SMILES string of the molecule is CC(CCn1cc(-c2ccc(-c3cnco3)cc2)cn1)(C(=O)NO)S(C)(=O)=O. The highest BCUT2D eigenvalue weighted by Crippen LogP contribution is 2.25. The van der Waals surface area contributed by atoms with Crippen molar-refractivity contribution < 1.29 is 22.8 Å². The summed E-state index contributed by atoms with van der Waals surface area (Å²) in [7, 11) is -3.74. The van der Waals surface area contributed by atoms with Crippen molar-refractivity contribution in [2.75, 3.05) is 6.26 Å². The van der Waals surface area contributed by atoms with E-state index in [-0.39, 0.29) is 13.0 Å². The van der Waals surface area contributed by atoms with E-state index >= 15 is 0 Å². The van der Waals surface area contributed by atoms with Gasteiger partial charge in [-0.25, -0.2) is 18.9 Å². The van der Waals surface area contributed by atoms with E-state index in [1.54, 1.807) is 23.3 Å². The van der Waals surface area contributed by atoms with Crippen molar-refractivity contribution in [3.05, 3.63) is 49.2 Å². The Kier molecular flexibility index (Phi) is 5.34. The van der Waals surface area contributed by atoms with Gasteiger partial charge in [0.25, 0.3) is 5.91 Å². The second-order valence-corrected chi connectivity index (χ2v) is 9.07. The molecule has 1 atom stereocenters. The zero-order chi connectivity index (χ0) is 20.4. The third-order valence-corrected chi connectivity index (χ3v) is 6.81. The standard InChI is InChI=1S/C18H20N4O5S/c1-18(17(23)21-24,28(2,25)26)7-8-22-11-15(9-20-22)13-3-5-14(6-4-13)16-10-19-12-27-16/h3-6,9-12,24H,7-8H2,1-2H3,(H,21,23). The number of aromatic nitrogens is 3. The fourth-order valence-electron chi connectivity index (χ4n) is 2.73. The first-order valence-corrected chi connectivity index (χ1v) is 10.3. The molecule has 3 aromatic rings. The van der Waals surface area contributed by atoms with Crippen LogP contribution in [0.15, 0.2) is 53.7 Å². The number of sulfone groups is 1. The van der Waals surface area contributed by atoms with Crippen molar-refractivity contribution in [3.8, 4) is 22.5 Å². The first-order valence-electron chi connectivity index (χ1n) is 8.40. The van der Waals surface area contributed by atoms with Crippen LogP contribution in [0.5, 0.6) is 0 Å². The van der Waals surface area contributed by atoms with Gasteiger partial charge in [-0.05, 0) is 18.9 Å². The monoisotopic (exact) mass is 404 g/mol. The van der Waals surface area contributed by atoms with Gasteiger partial charge < -0.3 is 4.42 Å². The van der Waals surface area contributed by atoms with Crippen LogP contribution < -0.4 is 5.48 Å². The highest BCUT2D eigenvalue weighted by molar-refractivity contribution is 7.92. The second-order valence-electron chi connectivity index (χ2n) is 6.63. The highest BCUT2D eigenvalue weighted by Gasteiger charge is 2.43. The molecular weight excluding hydrogens is 384 g/mol. The summed E-state index contributed by atoms with van der Waals surface area (Å²) in [6.45, 7) is 1.47. The van der Waals surface area contributed by atoms with Crippen LogP contribution in [-0.4, -0.2) is 45.3 Å². The molecule has 3 rings (SSSR count). The number of rotatable bonds is 7. The molecule has 2 aromatic heterocycles. The number of amides is 1. The quantitative estimate of drug-likeness (QED) is 0.455. The van der Waals surface area contributed by atoms with Crippen molar-refractivity contribution in [3.63, 3.8) is 0 Å². The number of hydrogen-bond acceptors (Lipinski definition) is 7. The number of nitrogens with one attached hydrogen (secondary N) is 1. The number of oxazole rings is 1. The summed E-state index contributed by atoms with van der Waals surface area (Å²) in [6.07, 6.45) is 7.36. The second kappa shape index (κ2) is 7.56. The number of carbonyl (C=O) groups is 1. The summed E-state index contributed by atoms with van der Waals surface area (Å²) in [5, 5.41) is 13.1. The van der Waals surface area contributed by atoms with Gasteiger partial charge in [0, 0.05) is 30.1 Å². The van der Waals surface area contributed by atoms with Crippen molar-refractivity contribution >= 4 is 15.7 Å². The number of hydrogen-bond donors (Lipinski definition) is 2. The molecule has 10 heteroatoms. The normalized spacial score (nSPS) is 13.8. The van der Waals surface area contributed by atoms with Gasteiger partial charge in [0.1, 0.15) is 0 Å². The molecule has 2 heterocycles.